The summed E-state index contributed by atoms with van der Waals surface area (Å²) in [4.78, 5) is 0. The van der Waals surface area contributed by atoms with Gasteiger partial charge >= 0.3 is 0 Å². The van der Waals surface area contributed by atoms with Gasteiger partial charge in [-0.1, -0.05) is 44.5 Å². The molecule has 0 bridgehead atoms. The van der Waals surface area contributed by atoms with E-state index in [0.29, 0.717) is 12.1 Å². The summed E-state index contributed by atoms with van der Waals surface area (Å²) in [5.74, 6) is 1.64. The van der Waals surface area contributed by atoms with Crippen molar-refractivity contribution in [1.29, 1.82) is 0 Å². The molecule has 1 nitrogen and oxygen atoms in total. The van der Waals surface area contributed by atoms with Crippen LogP contribution in [0.1, 0.15) is 51.6 Å². The number of rotatable bonds is 4. The standard InChI is InChI=1S/C16H24ClN/c1-4-15(13-6-8-14(17)9-7-13)18-16-10-5-11(2)12(16)3/h6-9,11-12,15-16,18H,4-5,10H2,1-3H3. The van der Waals surface area contributed by atoms with Crippen LogP contribution >= 0.6 is 11.6 Å². The normalized spacial score (nSPS) is 29.4. The van der Waals surface area contributed by atoms with Gasteiger partial charge in [0.2, 0.25) is 0 Å². The first-order chi connectivity index (χ1) is 8.61. The zero-order chi connectivity index (χ0) is 13.1. The Morgan fingerprint density at radius 2 is 1.89 bits per heavy atom. The highest BCUT2D eigenvalue weighted by Crippen LogP contribution is 2.33. The molecule has 2 rings (SSSR count). The molecule has 0 heterocycles. The van der Waals surface area contributed by atoms with Crippen molar-refractivity contribution in [2.75, 3.05) is 0 Å². The average Bonchev–Trinajstić information content (AvgIpc) is 2.69. The largest absolute Gasteiger partial charge is 0.307 e. The molecule has 1 aromatic rings. The molecule has 1 aliphatic carbocycles. The zero-order valence-electron chi connectivity index (χ0n) is 11.6. The molecule has 0 aliphatic heterocycles. The van der Waals surface area contributed by atoms with E-state index in [2.05, 4.69) is 38.2 Å². The molecule has 1 aromatic carbocycles. The van der Waals surface area contributed by atoms with Crippen molar-refractivity contribution in [2.45, 2.75) is 52.1 Å². The first-order valence-electron chi connectivity index (χ1n) is 7.13. The molecule has 18 heavy (non-hydrogen) atoms. The Kier molecular flexibility index (Phi) is 4.69. The number of benzene rings is 1. The Labute approximate surface area is 116 Å². The molecule has 1 fully saturated rings. The minimum atomic E-state index is 0.458. The lowest BCUT2D eigenvalue weighted by molar-refractivity contribution is 0.335. The van der Waals surface area contributed by atoms with E-state index in [1.54, 1.807) is 0 Å². The third-order valence-electron chi connectivity index (χ3n) is 4.56. The topological polar surface area (TPSA) is 12.0 Å². The highest BCUT2D eigenvalue weighted by atomic mass is 35.5. The van der Waals surface area contributed by atoms with Crippen LogP contribution in [0.2, 0.25) is 5.02 Å². The highest BCUT2D eigenvalue weighted by molar-refractivity contribution is 6.30. The van der Waals surface area contributed by atoms with E-state index < -0.39 is 0 Å². The summed E-state index contributed by atoms with van der Waals surface area (Å²) in [6.07, 6.45) is 3.79. The second kappa shape index (κ2) is 6.08. The van der Waals surface area contributed by atoms with Gasteiger partial charge in [-0.3, -0.25) is 0 Å². The Morgan fingerprint density at radius 3 is 2.39 bits per heavy atom. The Bertz CT molecular complexity index is 373. The minimum Gasteiger partial charge on any atom is -0.307 e. The maximum Gasteiger partial charge on any atom is 0.0406 e. The third-order valence-corrected chi connectivity index (χ3v) is 4.81. The van der Waals surface area contributed by atoms with E-state index in [-0.39, 0.29) is 0 Å². The van der Waals surface area contributed by atoms with Crippen LogP contribution in [0.5, 0.6) is 0 Å². The number of hydrogen-bond acceptors (Lipinski definition) is 1. The predicted molar refractivity (Wildman–Crippen MR) is 79.0 cm³/mol. The highest BCUT2D eigenvalue weighted by Gasteiger charge is 2.30. The number of halogens is 1. The summed E-state index contributed by atoms with van der Waals surface area (Å²) < 4.78 is 0. The second-order valence-corrected chi connectivity index (χ2v) is 6.14. The van der Waals surface area contributed by atoms with Crippen LogP contribution in [0, 0.1) is 11.8 Å². The Hall–Kier alpha value is -0.530. The van der Waals surface area contributed by atoms with Gasteiger partial charge in [0.15, 0.2) is 0 Å². The molecule has 0 amide bonds. The van der Waals surface area contributed by atoms with Crippen LogP contribution in [0.25, 0.3) is 0 Å². The van der Waals surface area contributed by atoms with Crippen molar-refractivity contribution in [1.82, 2.24) is 5.32 Å². The second-order valence-electron chi connectivity index (χ2n) is 5.70. The minimum absolute atomic E-state index is 0.458. The van der Waals surface area contributed by atoms with E-state index in [4.69, 9.17) is 11.6 Å². The lowest BCUT2D eigenvalue weighted by Crippen LogP contribution is -2.35. The third kappa shape index (κ3) is 3.07. The number of nitrogens with one attached hydrogen (secondary N) is 1. The number of hydrogen-bond donors (Lipinski definition) is 1. The molecular formula is C16H24ClN. The maximum atomic E-state index is 5.95. The molecule has 100 valence electrons. The van der Waals surface area contributed by atoms with E-state index in [0.717, 1.165) is 23.3 Å². The van der Waals surface area contributed by atoms with Crippen LogP contribution in [-0.2, 0) is 0 Å². The van der Waals surface area contributed by atoms with Crippen LogP contribution in [0.3, 0.4) is 0 Å². The summed E-state index contributed by atoms with van der Waals surface area (Å²) >= 11 is 5.95. The smallest absolute Gasteiger partial charge is 0.0406 e. The molecule has 0 saturated heterocycles. The van der Waals surface area contributed by atoms with Gasteiger partial charge < -0.3 is 5.32 Å². The van der Waals surface area contributed by atoms with Gasteiger partial charge in [0.25, 0.3) is 0 Å². The van der Waals surface area contributed by atoms with Crippen LogP contribution in [0.15, 0.2) is 24.3 Å². The molecule has 4 atom stereocenters. The van der Waals surface area contributed by atoms with Crippen molar-refractivity contribution in [3.05, 3.63) is 34.9 Å². The zero-order valence-corrected chi connectivity index (χ0v) is 12.4. The maximum absolute atomic E-state index is 5.95. The van der Waals surface area contributed by atoms with Crippen LogP contribution in [0.4, 0.5) is 0 Å². The van der Waals surface area contributed by atoms with E-state index >= 15 is 0 Å². The summed E-state index contributed by atoms with van der Waals surface area (Å²) in [6.45, 7) is 6.99. The van der Waals surface area contributed by atoms with Crippen LogP contribution < -0.4 is 5.32 Å². The van der Waals surface area contributed by atoms with Crippen molar-refractivity contribution in [3.8, 4) is 0 Å². The monoisotopic (exact) mass is 265 g/mol. The fourth-order valence-electron chi connectivity index (χ4n) is 3.00. The first-order valence-corrected chi connectivity index (χ1v) is 7.51. The molecule has 4 unspecified atom stereocenters. The van der Waals surface area contributed by atoms with Crippen molar-refractivity contribution in [2.24, 2.45) is 11.8 Å². The molecular weight excluding hydrogens is 242 g/mol. The lowest BCUT2D eigenvalue weighted by Gasteiger charge is -2.26. The Morgan fingerprint density at radius 1 is 1.22 bits per heavy atom. The lowest BCUT2D eigenvalue weighted by atomic mass is 9.96. The summed E-state index contributed by atoms with van der Waals surface area (Å²) in [5, 5.41) is 4.65. The van der Waals surface area contributed by atoms with E-state index in [9.17, 15) is 0 Å². The fourth-order valence-corrected chi connectivity index (χ4v) is 3.13. The SMILES string of the molecule is CCC(NC1CCC(C)C1C)c1ccc(Cl)cc1. The van der Waals surface area contributed by atoms with Gasteiger partial charge in [0, 0.05) is 17.1 Å². The van der Waals surface area contributed by atoms with Gasteiger partial charge in [-0.25, -0.2) is 0 Å². The summed E-state index contributed by atoms with van der Waals surface area (Å²) in [7, 11) is 0. The van der Waals surface area contributed by atoms with Crippen molar-refractivity contribution < 1.29 is 0 Å². The molecule has 0 radical (unpaired) electrons. The first kappa shape index (κ1) is 13.9. The Balaban J connectivity index is 2.03. The van der Waals surface area contributed by atoms with Crippen LogP contribution in [-0.4, -0.2) is 6.04 Å². The van der Waals surface area contributed by atoms with Crippen molar-refractivity contribution >= 4 is 11.6 Å². The molecule has 0 aromatic heterocycles. The molecule has 1 aliphatic rings. The predicted octanol–water partition coefficient (Wildman–Crippen LogP) is 4.82. The summed E-state index contributed by atoms with van der Waals surface area (Å²) in [5.41, 5.74) is 1.36. The van der Waals surface area contributed by atoms with Gasteiger partial charge in [-0.05, 0) is 48.8 Å². The molecule has 2 heteroatoms. The van der Waals surface area contributed by atoms with Crippen molar-refractivity contribution in [3.63, 3.8) is 0 Å². The van der Waals surface area contributed by atoms with E-state index in [1.165, 1.54) is 18.4 Å². The van der Waals surface area contributed by atoms with Gasteiger partial charge in [0.05, 0.1) is 0 Å². The van der Waals surface area contributed by atoms with E-state index in [1.807, 2.05) is 12.1 Å². The van der Waals surface area contributed by atoms with Gasteiger partial charge in [-0.2, -0.15) is 0 Å². The molecule has 0 spiro atoms. The molecule has 1 N–H and O–H groups in total. The quantitative estimate of drug-likeness (QED) is 0.823. The molecule has 1 saturated carbocycles. The van der Waals surface area contributed by atoms with Gasteiger partial charge in [0.1, 0.15) is 0 Å². The average molecular weight is 266 g/mol. The fraction of sp³-hybridized carbons (Fsp3) is 0.625. The van der Waals surface area contributed by atoms with Gasteiger partial charge in [-0.15, -0.1) is 0 Å². The summed E-state index contributed by atoms with van der Waals surface area (Å²) in [6, 6.07) is 9.39.